The van der Waals surface area contributed by atoms with Gasteiger partial charge >= 0.3 is 0 Å². The van der Waals surface area contributed by atoms with Gasteiger partial charge in [0.25, 0.3) is 0 Å². The van der Waals surface area contributed by atoms with Gasteiger partial charge in [0.05, 0.1) is 2.74 Å². The van der Waals surface area contributed by atoms with Gasteiger partial charge in [-0.05, 0) is 6.42 Å². The second-order valence-electron chi connectivity index (χ2n) is 0.498. The molecular weight excluding hydrogens is 53.0 g/mol. The average molecular weight is 64.1 g/mol. The van der Waals surface area contributed by atoms with Crippen molar-refractivity contribution in [1.82, 2.24) is 0 Å². The number of hydrogen-bond donors (Lipinski definition) is 1. The van der Waals surface area contributed by atoms with Crippen LogP contribution in [0.2, 0.25) is 0 Å². The highest BCUT2D eigenvalue weighted by atomic mass is 16.3. The SMILES string of the molecule is [2H]O[13C]([2H])([2H])CC. The van der Waals surface area contributed by atoms with Crippen molar-refractivity contribution in [1.29, 1.82) is 1.43 Å². The summed E-state index contributed by atoms with van der Waals surface area (Å²) in [7, 11) is 0. The highest BCUT2D eigenvalue weighted by Gasteiger charge is 1.57. The van der Waals surface area contributed by atoms with Gasteiger partial charge in [0.1, 0.15) is 0 Å². The smallest absolute Gasteiger partial charge is 0.210 e. The quantitative estimate of drug-likeness (QED) is 0.460. The molecule has 0 heterocycles. The first-order chi connectivity index (χ1) is 3.12. The molecule has 0 amide bonds. The van der Waals surface area contributed by atoms with E-state index in [1.165, 1.54) is 0 Å². The van der Waals surface area contributed by atoms with E-state index >= 15 is 0 Å². The summed E-state index contributed by atoms with van der Waals surface area (Å²) in [6.45, 7) is -0.130. The third-order valence-electron chi connectivity index (χ3n) is 0.144. The van der Waals surface area contributed by atoms with Gasteiger partial charge in [0.15, 0.2) is 0 Å². The summed E-state index contributed by atoms with van der Waals surface area (Å²) in [5, 5.41) is 3.67. The Hall–Kier alpha value is -0.0400. The zero-order valence-corrected chi connectivity index (χ0v) is 2.62. The lowest BCUT2D eigenvalue weighted by Gasteiger charge is -1.69. The third kappa shape index (κ3) is 1.96. The Kier molecular flexibility index (Phi) is 0.723. The van der Waals surface area contributed by atoms with Crippen LogP contribution in [-0.4, -0.2) is 13.1 Å². The fourth-order valence-electron chi connectivity index (χ4n) is 0. The molecule has 0 aliphatic carbocycles. The van der Waals surface area contributed by atoms with Crippen LogP contribution in [0.4, 0.5) is 0 Å². The molecule has 4 heavy (non-hydrogen) atoms. The second kappa shape index (κ2) is 2.96. The van der Waals surface area contributed by atoms with Gasteiger partial charge in [0, 0.05) is 6.56 Å². The number of rotatable bonds is 2. The summed E-state index contributed by atoms with van der Waals surface area (Å²) < 4.78 is 19.5. The van der Waals surface area contributed by atoms with Crippen LogP contribution in [-0.2, 0) is 0 Å². The zero-order valence-electron chi connectivity index (χ0n) is 5.62. The molecule has 1 nitrogen and oxygen atoms in total. The first kappa shape index (κ1) is 0.977. The van der Waals surface area contributed by atoms with E-state index in [-0.39, 0.29) is 6.42 Å². The molecule has 0 aromatic heterocycles. The molecule has 0 radical (unpaired) electrons. The Morgan fingerprint density at radius 1 is 2.50 bits per heavy atom. The maximum atomic E-state index is 6.68. The summed E-state index contributed by atoms with van der Waals surface area (Å²) in [6.07, 6.45) is 0.219. The standard InChI is InChI=1S/C3H8O/c1-2-3-4/h4H,2-3H2,1H3/i3+1D2,4D. The van der Waals surface area contributed by atoms with E-state index in [1.54, 1.807) is 6.92 Å². The monoisotopic (exact) mass is 64.1 g/mol. The summed E-state index contributed by atoms with van der Waals surface area (Å²) >= 11 is 0. The van der Waals surface area contributed by atoms with Gasteiger partial charge in [0.2, 0.25) is 1.43 Å². The van der Waals surface area contributed by atoms with Crippen molar-refractivity contribution < 1.29 is 7.85 Å². The van der Waals surface area contributed by atoms with Gasteiger partial charge in [-0.25, -0.2) is 0 Å². The second-order valence-corrected chi connectivity index (χ2v) is 0.498. The summed E-state index contributed by atoms with van der Waals surface area (Å²) in [4.78, 5) is 0. The first-order valence-electron chi connectivity index (χ1n) is 2.67. The van der Waals surface area contributed by atoms with Crippen molar-refractivity contribution >= 4 is 0 Å². The predicted molar refractivity (Wildman–Crippen MR) is 17.4 cm³/mol. The minimum Gasteiger partial charge on any atom is -0.396 e. The average Bonchev–Trinajstić information content (AvgIpc) is 1.68. The van der Waals surface area contributed by atoms with Crippen molar-refractivity contribution in [2.45, 2.75) is 13.3 Å². The van der Waals surface area contributed by atoms with E-state index in [0.29, 0.717) is 0 Å². The van der Waals surface area contributed by atoms with Crippen LogP contribution < -0.4 is 0 Å². The topological polar surface area (TPSA) is 20.2 Å². The molecule has 0 rings (SSSR count). The molecular formula is C3H8O. The molecule has 0 aliphatic heterocycles. The van der Waals surface area contributed by atoms with Crippen molar-refractivity contribution in [3.05, 3.63) is 0 Å². The molecule has 0 unspecified atom stereocenters. The van der Waals surface area contributed by atoms with E-state index in [0.717, 1.165) is 0 Å². The van der Waals surface area contributed by atoms with E-state index in [4.69, 9.17) is 4.17 Å². The van der Waals surface area contributed by atoms with Gasteiger partial charge in [-0.3, -0.25) is 0 Å². The number of hydrogen-bond acceptors (Lipinski definition) is 1. The summed E-state index contributed by atoms with van der Waals surface area (Å²) in [5.74, 6) is 0. The fourth-order valence-corrected chi connectivity index (χ4v) is 0. The molecule has 0 saturated heterocycles. The molecule has 0 saturated carbocycles. The van der Waals surface area contributed by atoms with Gasteiger partial charge < -0.3 is 5.11 Å². The van der Waals surface area contributed by atoms with E-state index in [2.05, 4.69) is 5.11 Å². The lowest BCUT2D eigenvalue weighted by molar-refractivity contribution is 0.295. The molecule has 0 bridgehead atoms. The maximum absolute atomic E-state index is 6.68. The van der Waals surface area contributed by atoms with Crippen LogP contribution in [0.5, 0.6) is 0 Å². The fraction of sp³-hybridized carbons (Fsp3) is 1.00. The lowest BCUT2D eigenvalue weighted by atomic mass is 10.7. The highest BCUT2D eigenvalue weighted by Crippen LogP contribution is 1.61. The Morgan fingerprint density at radius 2 is 3.25 bits per heavy atom. The number of aliphatic hydroxyl groups is 1. The van der Waals surface area contributed by atoms with Crippen LogP contribution in [0.3, 0.4) is 0 Å². The molecule has 0 aromatic carbocycles. The van der Waals surface area contributed by atoms with Crippen LogP contribution in [0.15, 0.2) is 0 Å². The van der Waals surface area contributed by atoms with E-state index in [1.807, 2.05) is 0 Å². The minimum atomic E-state index is -1.75. The zero-order chi connectivity index (χ0) is 5.91. The molecule has 1 N–H and O–H groups in total. The van der Waals surface area contributed by atoms with E-state index < -0.39 is 6.56 Å². The van der Waals surface area contributed by atoms with Crippen molar-refractivity contribution in [3.8, 4) is 0 Å². The highest BCUT2D eigenvalue weighted by molar-refractivity contribution is 4.10. The van der Waals surface area contributed by atoms with Crippen molar-refractivity contribution in [2.24, 2.45) is 0 Å². The molecule has 0 aliphatic rings. The summed E-state index contributed by atoms with van der Waals surface area (Å²) in [5.41, 5.74) is 0. The Labute approximate surface area is 30.6 Å². The van der Waals surface area contributed by atoms with Gasteiger partial charge in [-0.1, -0.05) is 6.92 Å². The predicted octanol–water partition coefficient (Wildman–Crippen LogP) is 0.389. The molecule has 26 valence electrons. The molecule has 1 heteroatoms. The minimum absolute atomic E-state index is 0.219. The third-order valence-corrected chi connectivity index (χ3v) is 0.144. The Balaban J connectivity index is 3.36. The molecule has 0 aromatic rings. The molecule has 0 fully saturated rings. The summed E-state index contributed by atoms with van der Waals surface area (Å²) in [6, 6.07) is 0. The van der Waals surface area contributed by atoms with Crippen LogP contribution in [0.25, 0.3) is 0 Å². The normalized spacial score (nSPS) is 21.8. The first-order valence-corrected chi connectivity index (χ1v) is 1.26. The molecule has 0 spiro atoms. The van der Waals surface area contributed by atoms with Crippen LogP contribution in [0.1, 0.15) is 16.1 Å². The molecule has 0 atom stereocenters. The van der Waals surface area contributed by atoms with Crippen molar-refractivity contribution in [3.63, 3.8) is 0 Å². The Morgan fingerprint density at radius 3 is 3.25 bits per heavy atom. The van der Waals surface area contributed by atoms with E-state index in [9.17, 15) is 0 Å². The van der Waals surface area contributed by atoms with Gasteiger partial charge in [-0.2, -0.15) is 0 Å². The lowest BCUT2D eigenvalue weighted by Crippen LogP contribution is -1.69. The maximum Gasteiger partial charge on any atom is 0.210 e. The van der Waals surface area contributed by atoms with Crippen molar-refractivity contribution in [2.75, 3.05) is 6.56 Å². The Bertz CT molecular complexity index is 48.1. The van der Waals surface area contributed by atoms with Crippen LogP contribution >= 0.6 is 0 Å². The van der Waals surface area contributed by atoms with Gasteiger partial charge in [-0.15, -0.1) is 0 Å². The largest absolute Gasteiger partial charge is 0.396 e. The van der Waals surface area contributed by atoms with Crippen LogP contribution in [0, 0.1) is 0 Å².